The molecular formula is C19H31N3O2. The molecule has 0 radical (unpaired) electrons. The molecular weight excluding hydrogens is 302 g/mol. The fourth-order valence-corrected chi connectivity index (χ4v) is 2.53. The smallest absolute Gasteiger partial charge is 0.191 e. The highest BCUT2D eigenvalue weighted by molar-refractivity contribution is 5.79. The molecule has 5 heteroatoms. The highest BCUT2D eigenvalue weighted by Crippen LogP contribution is 2.21. The molecule has 24 heavy (non-hydrogen) atoms. The standard InChI is InChI=1S/C19H31N3O2/c1-4-5-11-20-18(21-12-10-19(3)23-13-14-24-19)22-15-17-8-6-16(2)7-9-17/h6-9H,4-5,10-15H2,1-3H3,(H2,20,21,22). The van der Waals surface area contributed by atoms with Gasteiger partial charge in [-0.15, -0.1) is 0 Å². The van der Waals surface area contributed by atoms with Crippen molar-refractivity contribution >= 4 is 5.96 Å². The Bertz CT molecular complexity index is 508. The largest absolute Gasteiger partial charge is 0.356 e. The SMILES string of the molecule is CCCCNC(=NCc1ccc(C)cc1)NCCC1(C)OCCO1. The molecule has 1 fully saturated rings. The summed E-state index contributed by atoms with van der Waals surface area (Å²) in [5.41, 5.74) is 2.48. The van der Waals surface area contributed by atoms with Gasteiger partial charge in [-0.05, 0) is 25.8 Å². The maximum atomic E-state index is 5.64. The van der Waals surface area contributed by atoms with Gasteiger partial charge in [-0.1, -0.05) is 43.2 Å². The molecule has 1 aromatic carbocycles. The normalized spacial score (nSPS) is 17.0. The predicted octanol–water partition coefficient (Wildman–Crippen LogP) is 2.98. The second-order valence-corrected chi connectivity index (χ2v) is 6.44. The van der Waals surface area contributed by atoms with Crippen molar-refractivity contribution in [2.24, 2.45) is 4.99 Å². The van der Waals surface area contributed by atoms with Gasteiger partial charge in [0.15, 0.2) is 11.7 Å². The third-order valence-corrected chi connectivity index (χ3v) is 4.13. The lowest BCUT2D eigenvalue weighted by molar-refractivity contribution is -0.145. The van der Waals surface area contributed by atoms with Gasteiger partial charge in [-0.2, -0.15) is 0 Å². The van der Waals surface area contributed by atoms with E-state index in [0.717, 1.165) is 38.3 Å². The molecule has 0 amide bonds. The molecule has 2 N–H and O–H groups in total. The average Bonchev–Trinajstić information content (AvgIpc) is 3.00. The van der Waals surface area contributed by atoms with Crippen LogP contribution in [0.15, 0.2) is 29.3 Å². The third-order valence-electron chi connectivity index (χ3n) is 4.13. The van der Waals surface area contributed by atoms with Crippen molar-refractivity contribution in [3.63, 3.8) is 0 Å². The Morgan fingerprint density at radius 3 is 2.46 bits per heavy atom. The van der Waals surface area contributed by atoms with Crippen LogP contribution < -0.4 is 10.6 Å². The summed E-state index contributed by atoms with van der Waals surface area (Å²) in [6.07, 6.45) is 3.10. The molecule has 0 aliphatic carbocycles. The number of benzene rings is 1. The molecule has 0 atom stereocenters. The van der Waals surface area contributed by atoms with Crippen LogP contribution in [0.4, 0.5) is 0 Å². The molecule has 1 aliphatic rings. The molecule has 5 nitrogen and oxygen atoms in total. The molecule has 1 aromatic rings. The first-order chi connectivity index (χ1) is 11.6. The van der Waals surface area contributed by atoms with Crippen molar-refractivity contribution < 1.29 is 9.47 Å². The topological polar surface area (TPSA) is 54.9 Å². The minimum atomic E-state index is -0.460. The summed E-state index contributed by atoms with van der Waals surface area (Å²) in [6, 6.07) is 8.50. The Morgan fingerprint density at radius 1 is 1.12 bits per heavy atom. The first-order valence-corrected chi connectivity index (χ1v) is 8.97. The van der Waals surface area contributed by atoms with Crippen molar-refractivity contribution in [3.8, 4) is 0 Å². The molecule has 0 bridgehead atoms. The molecule has 0 saturated carbocycles. The van der Waals surface area contributed by atoms with Crippen LogP contribution in [0.3, 0.4) is 0 Å². The number of hydrogen-bond donors (Lipinski definition) is 2. The van der Waals surface area contributed by atoms with Gasteiger partial charge in [-0.25, -0.2) is 4.99 Å². The number of guanidine groups is 1. The minimum absolute atomic E-state index is 0.460. The highest BCUT2D eigenvalue weighted by Gasteiger charge is 2.30. The van der Waals surface area contributed by atoms with Gasteiger partial charge in [0.25, 0.3) is 0 Å². The first kappa shape index (κ1) is 18.7. The average molecular weight is 333 g/mol. The van der Waals surface area contributed by atoms with E-state index in [2.05, 4.69) is 48.7 Å². The van der Waals surface area contributed by atoms with Gasteiger partial charge in [0.1, 0.15) is 0 Å². The van der Waals surface area contributed by atoms with E-state index in [1.165, 1.54) is 11.1 Å². The molecule has 0 aromatic heterocycles. The lowest BCUT2D eigenvalue weighted by atomic mass is 10.1. The zero-order chi connectivity index (χ0) is 17.3. The van der Waals surface area contributed by atoms with Crippen LogP contribution in [0.2, 0.25) is 0 Å². The van der Waals surface area contributed by atoms with Crippen LogP contribution in [0.1, 0.15) is 44.2 Å². The van der Waals surface area contributed by atoms with Gasteiger partial charge in [0, 0.05) is 19.5 Å². The summed E-state index contributed by atoms with van der Waals surface area (Å²) in [6.45, 7) is 10.0. The molecule has 134 valence electrons. The van der Waals surface area contributed by atoms with Crippen LogP contribution in [-0.2, 0) is 16.0 Å². The molecule has 0 spiro atoms. The van der Waals surface area contributed by atoms with Gasteiger partial charge in [0.05, 0.1) is 19.8 Å². The number of aliphatic imine (C=N–C) groups is 1. The van der Waals surface area contributed by atoms with Crippen molar-refractivity contribution in [2.45, 2.75) is 52.4 Å². The van der Waals surface area contributed by atoms with Crippen LogP contribution in [0.25, 0.3) is 0 Å². The van der Waals surface area contributed by atoms with Gasteiger partial charge in [-0.3, -0.25) is 0 Å². The molecule has 1 aliphatic heterocycles. The number of nitrogens with one attached hydrogen (secondary N) is 2. The molecule has 1 saturated heterocycles. The Kier molecular flexibility index (Phi) is 7.53. The Labute approximate surface area is 145 Å². The molecule has 0 unspecified atom stereocenters. The van der Waals surface area contributed by atoms with Gasteiger partial charge >= 0.3 is 0 Å². The monoisotopic (exact) mass is 333 g/mol. The Balaban J connectivity index is 1.85. The van der Waals surface area contributed by atoms with E-state index in [0.29, 0.717) is 19.8 Å². The van der Waals surface area contributed by atoms with E-state index in [1.54, 1.807) is 0 Å². The van der Waals surface area contributed by atoms with Crippen LogP contribution in [0, 0.1) is 6.92 Å². The predicted molar refractivity (Wildman–Crippen MR) is 98.2 cm³/mol. The maximum Gasteiger partial charge on any atom is 0.191 e. The number of rotatable bonds is 8. The minimum Gasteiger partial charge on any atom is -0.356 e. The summed E-state index contributed by atoms with van der Waals surface area (Å²) in [5, 5.41) is 6.79. The fourth-order valence-electron chi connectivity index (χ4n) is 2.53. The number of ether oxygens (including phenoxy) is 2. The summed E-state index contributed by atoms with van der Waals surface area (Å²) >= 11 is 0. The van der Waals surface area contributed by atoms with E-state index >= 15 is 0 Å². The molecule has 1 heterocycles. The Morgan fingerprint density at radius 2 is 1.79 bits per heavy atom. The lowest BCUT2D eigenvalue weighted by Gasteiger charge is -2.23. The maximum absolute atomic E-state index is 5.64. The summed E-state index contributed by atoms with van der Waals surface area (Å²) < 4.78 is 11.3. The van der Waals surface area contributed by atoms with Crippen molar-refractivity contribution in [2.75, 3.05) is 26.3 Å². The van der Waals surface area contributed by atoms with Crippen molar-refractivity contribution in [1.29, 1.82) is 0 Å². The first-order valence-electron chi connectivity index (χ1n) is 8.97. The van der Waals surface area contributed by atoms with E-state index < -0.39 is 5.79 Å². The third kappa shape index (κ3) is 6.49. The summed E-state index contributed by atoms with van der Waals surface area (Å²) in [4.78, 5) is 4.70. The number of aryl methyl sites for hydroxylation is 1. The van der Waals surface area contributed by atoms with Crippen LogP contribution >= 0.6 is 0 Å². The second kappa shape index (κ2) is 9.64. The van der Waals surface area contributed by atoms with E-state index in [1.807, 2.05) is 6.92 Å². The van der Waals surface area contributed by atoms with Gasteiger partial charge in [0.2, 0.25) is 0 Å². The van der Waals surface area contributed by atoms with Crippen molar-refractivity contribution in [3.05, 3.63) is 35.4 Å². The zero-order valence-electron chi connectivity index (χ0n) is 15.2. The number of nitrogens with zero attached hydrogens (tertiary/aromatic N) is 1. The summed E-state index contributed by atoms with van der Waals surface area (Å²) in [7, 11) is 0. The van der Waals surface area contributed by atoms with E-state index in [-0.39, 0.29) is 0 Å². The zero-order valence-corrected chi connectivity index (χ0v) is 15.2. The highest BCUT2D eigenvalue weighted by atomic mass is 16.7. The number of hydrogen-bond acceptors (Lipinski definition) is 3. The Hall–Kier alpha value is -1.59. The molecule has 2 rings (SSSR count). The fraction of sp³-hybridized carbons (Fsp3) is 0.632. The lowest BCUT2D eigenvalue weighted by Crippen LogP contribution is -2.41. The van der Waals surface area contributed by atoms with Crippen molar-refractivity contribution in [1.82, 2.24) is 10.6 Å². The van der Waals surface area contributed by atoms with Crippen LogP contribution in [-0.4, -0.2) is 38.0 Å². The second-order valence-electron chi connectivity index (χ2n) is 6.44. The van der Waals surface area contributed by atoms with Crippen LogP contribution in [0.5, 0.6) is 0 Å². The van der Waals surface area contributed by atoms with E-state index in [9.17, 15) is 0 Å². The number of unbranched alkanes of at least 4 members (excludes halogenated alkanes) is 1. The van der Waals surface area contributed by atoms with E-state index in [4.69, 9.17) is 14.5 Å². The quantitative estimate of drug-likeness (QED) is 0.436. The van der Waals surface area contributed by atoms with Gasteiger partial charge < -0.3 is 20.1 Å². The summed E-state index contributed by atoms with van der Waals surface area (Å²) in [5.74, 6) is 0.393.